The highest BCUT2D eigenvalue weighted by atomic mass is 35.5. The van der Waals surface area contributed by atoms with Gasteiger partial charge < -0.3 is 9.72 Å². The number of esters is 1. The number of carbonyl (C=O) groups excluding carboxylic acids is 1. The fourth-order valence-electron chi connectivity index (χ4n) is 2.12. The minimum absolute atomic E-state index is 0.0728. The minimum atomic E-state index is -0.577. The fourth-order valence-corrected chi connectivity index (χ4v) is 2.42. The molecule has 23 heavy (non-hydrogen) atoms. The Morgan fingerprint density at radius 2 is 2.09 bits per heavy atom. The van der Waals surface area contributed by atoms with Crippen molar-refractivity contribution < 1.29 is 9.53 Å². The van der Waals surface area contributed by atoms with Gasteiger partial charge in [-0.2, -0.15) is 5.10 Å². The Bertz CT molecular complexity index is 962. The Balaban J connectivity index is 2.11. The third-order valence-electron chi connectivity index (χ3n) is 3.18. The molecule has 3 rings (SSSR count). The summed E-state index contributed by atoms with van der Waals surface area (Å²) in [5.41, 5.74) is 1.11. The van der Waals surface area contributed by atoms with Gasteiger partial charge in [0.05, 0.1) is 28.5 Å². The fraction of sp³-hybridized carbons (Fsp3) is 0.133. The van der Waals surface area contributed by atoms with Gasteiger partial charge in [0.1, 0.15) is 5.52 Å². The van der Waals surface area contributed by atoms with Crippen molar-refractivity contribution in [3.63, 3.8) is 0 Å². The van der Waals surface area contributed by atoms with Crippen molar-refractivity contribution in [2.24, 2.45) is 0 Å². The van der Waals surface area contributed by atoms with Crippen molar-refractivity contribution in [1.29, 1.82) is 0 Å². The van der Waals surface area contributed by atoms with Crippen LogP contribution >= 0.6 is 23.2 Å². The lowest BCUT2D eigenvalue weighted by Crippen LogP contribution is -2.10. The number of benzene rings is 1. The molecule has 0 atom stereocenters. The predicted octanol–water partition coefficient (Wildman–Crippen LogP) is 3.17. The average Bonchev–Trinajstić information content (AvgIpc) is 2.95. The maximum absolute atomic E-state index is 12.2. The van der Waals surface area contributed by atoms with E-state index >= 15 is 0 Å². The molecule has 0 saturated heterocycles. The van der Waals surface area contributed by atoms with E-state index in [2.05, 4.69) is 10.1 Å². The van der Waals surface area contributed by atoms with Gasteiger partial charge in [0, 0.05) is 11.6 Å². The molecule has 0 fully saturated rings. The van der Waals surface area contributed by atoms with Crippen molar-refractivity contribution in [3.8, 4) is 11.3 Å². The molecule has 0 aliphatic heterocycles. The number of rotatable bonds is 3. The van der Waals surface area contributed by atoms with E-state index in [-0.39, 0.29) is 23.4 Å². The monoisotopic (exact) mass is 351 g/mol. The molecule has 118 valence electrons. The third-order valence-corrected chi connectivity index (χ3v) is 3.92. The van der Waals surface area contributed by atoms with Crippen molar-refractivity contribution in [2.45, 2.75) is 6.92 Å². The number of H-pyrrole nitrogens is 1. The van der Waals surface area contributed by atoms with E-state index in [9.17, 15) is 9.59 Å². The van der Waals surface area contributed by atoms with Gasteiger partial charge in [-0.1, -0.05) is 29.3 Å². The first-order valence-corrected chi connectivity index (χ1v) is 7.50. The molecule has 2 aromatic heterocycles. The topological polar surface area (TPSA) is 76.5 Å². The lowest BCUT2D eigenvalue weighted by atomic mass is 10.1. The molecular formula is C15H11Cl2N3O3. The molecule has 0 radical (unpaired) electrons. The van der Waals surface area contributed by atoms with Crippen molar-refractivity contribution >= 4 is 34.7 Å². The van der Waals surface area contributed by atoms with Crippen LogP contribution in [0.2, 0.25) is 10.0 Å². The van der Waals surface area contributed by atoms with Gasteiger partial charge in [-0.05, 0) is 19.1 Å². The van der Waals surface area contributed by atoms with Gasteiger partial charge in [0.2, 0.25) is 0 Å². The average molecular weight is 352 g/mol. The second-order valence-electron chi connectivity index (χ2n) is 4.71. The largest absolute Gasteiger partial charge is 0.461 e. The van der Waals surface area contributed by atoms with Crippen LogP contribution in [0.4, 0.5) is 0 Å². The van der Waals surface area contributed by atoms with Gasteiger partial charge in [0.15, 0.2) is 5.69 Å². The molecule has 0 saturated carbocycles. The molecular weight excluding hydrogens is 341 g/mol. The number of halogens is 2. The van der Waals surface area contributed by atoms with Gasteiger partial charge in [-0.3, -0.25) is 4.79 Å². The quantitative estimate of drug-likeness (QED) is 0.735. The standard InChI is InChI=1S/C15H11Cl2N3O3/c1-2-23-15(22)11-6-13-14(21)18-12(7-20(13)19-11)8-3-4-9(16)10(17)5-8/h3-7H,2H2,1H3,(H,18,21). The highest BCUT2D eigenvalue weighted by molar-refractivity contribution is 6.42. The first-order valence-electron chi connectivity index (χ1n) is 6.75. The summed E-state index contributed by atoms with van der Waals surface area (Å²) in [5.74, 6) is -0.577. The second kappa shape index (κ2) is 6.06. The lowest BCUT2D eigenvalue weighted by molar-refractivity contribution is 0.0519. The van der Waals surface area contributed by atoms with Crippen molar-refractivity contribution in [2.75, 3.05) is 6.61 Å². The third kappa shape index (κ3) is 2.95. The molecule has 0 bridgehead atoms. The number of carbonyl (C=O) groups is 1. The van der Waals surface area contributed by atoms with Gasteiger partial charge in [0.25, 0.3) is 5.56 Å². The Hall–Kier alpha value is -2.31. The lowest BCUT2D eigenvalue weighted by Gasteiger charge is -2.04. The van der Waals surface area contributed by atoms with E-state index in [4.69, 9.17) is 27.9 Å². The number of nitrogens with one attached hydrogen (secondary N) is 1. The number of nitrogens with zero attached hydrogens (tertiary/aromatic N) is 2. The Morgan fingerprint density at radius 1 is 1.30 bits per heavy atom. The Labute approximate surface area is 140 Å². The van der Waals surface area contributed by atoms with E-state index in [0.29, 0.717) is 21.3 Å². The molecule has 3 aromatic rings. The predicted molar refractivity (Wildman–Crippen MR) is 87.2 cm³/mol. The van der Waals surface area contributed by atoms with Crippen LogP contribution in [0, 0.1) is 0 Å². The van der Waals surface area contributed by atoms with Crippen LogP contribution in [-0.4, -0.2) is 27.2 Å². The van der Waals surface area contributed by atoms with Crippen LogP contribution < -0.4 is 5.56 Å². The molecule has 1 N–H and O–H groups in total. The van der Waals surface area contributed by atoms with Crippen LogP contribution in [-0.2, 0) is 4.74 Å². The van der Waals surface area contributed by atoms with E-state index in [1.54, 1.807) is 31.3 Å². The normalized spacial score (nSPS) is 10.9. The van der Waals surface area contributed by atoms with Crippen LogP contribution in [0.15, 0.2) is 35.3 Å². The highest BCUT2D eigenvalue weighted by Gasteiger charge is 2.14. The molecule has 1 aromatic carbocycles. The summed E-state index contributed by atoms with van der Waals surface area (Å²) < 4.78 is 6.22. The van der Waals surface area contributed by atoms with E-state index in [0.717, 1.165) is 0 Å². The molecule has 0 aliphatic rings. The maximum atomic E-state index is 12.2. The molecule has 0 amide bonds. The smallest absolute Gasteiger partial charge is 0.358 e. The summed E-state index contributed by atoms with van der Waals surface area (Å²) in [4.78, 5) is 26.6. The van der Waals surface area contributed by atoms with Crippen LogP contribution in [0.3, 0.4) is 0 Å². The zero-order chi connectivity index (χ0) is 16.6. The van der Waals surface area contributed by atoms with Crippen LogP contribution in [0.1, 0.15) is 17.4 Å². The minimum Gasteiger partial charge on any atom is -0.461 e. The van der Waals surface area contributed by atoms with E-state index in [1.165, 1.54) is 10.6 Å². The molecule has 0 spiro atoms. The maximum Gasteiger partial charge on any atom is 0.358 e. The number of hydrogen-bond acceptors (Lipinski definition) is 4. The van der Waals surface area contributed by atoms with Crippen LogP contribution in [0.5, 0.6) is 0 Å². The highest BCUT2D eigenvalue weighted by Crippen LogP contribution is 2.27. The van der Waals surface area contributed by atoms with E-state index < -0.39 is 5.97 Å². The summed E-state index contributed by atoms with van der Waals surface area (Å²) in [6, 6.07) is 6.38. The van der Waals surface area contributed by atoms with Gasteiger partial charge in [-0.25, -0.2) is 9.31 Å². The molecule has 2 heterocycles. The molecule has 8 heteroatoms. The summed E-state index contributed by atoms with van der Waals surface area (Å²) in [6.45, 7) is 1.93. The number of fused-ring (bicyclic) bond motifs is 1. The second-order valence-corrected chi connectivity index (χ2v) is 5.52. The zero-order valence-electron chi connectivity index (χ0n) is 12.0. The summed E-state index contributed by atoms with van der Waals surface area (Å²) in [5, 5.41) is 4.87. The summed E-state index contributed by atoms with van der Waals surface area (Å²) in [6.07, 6.45) is 1.60. The zero-order valence-corrected chi connectivity index (χ0v) is 13.5. The van der Waals surface area contributed by atoms with Crippen molar-refractivity contribution in [3.05, 3.63) is 56.6 Å². The SMILES string of the molecule is CCOC(=O)c1cc2c(=O)[nH]c(-c3ccc(Cl)c(Cl)c3)cn2n1. The molecule has 6 nitrogen and oxygen atoms in total. The van der Waals surface area contributed by atoms with Gasteiger partial charge in [-0.15, -0.1) is 0 Å². The molecule has 0 unspecified atom stereocenters. The Kier molecular flexibility index (Phi) is 4.11. The number of hydrogen-bond donors (Lipinski definition) is 1. The molecule has 0 aliphatic carbocycles. The Morgan fingerprint density at radius 3 is 2.78 bits per heavy atom. The summed E-state index contributed by atoms with van der Waals surface area (Å²) >= 11 is 11.9. The van der Waals surface area contributed by atoms with Gasteiger partial charge >= 0.3 is 5.97 Å². The van der Waals surface area contributed by atoms with Crippen molar-refractivity contribution in [1.82, 2.24) is 14.6 Å². The number of ether oxygens (including phenoxy) is 1. The first-order chi connectivity index (χ1) is 11.0. The summed E-state index contributed by atoms with van der Waals surface area (Å²) in [7, 11) is 0. The first kappa shape index (κ1) is 15.6. The van der Waals surface area contributed by atoms with Crippen LogP contribution in [0.25, 0.3) is 16.8 Å². The van der Waals surface area contributed by atoms with E-state index in [1.807, 2.05) is 0 Å². The number of aromatic amines is 1. The number of aromatic nitrogens is 3.